The summed E-state index contributed by atoms with van der Waals surface area (Å²) in [6, 6.07) is 69.2. The summed E-state index contributed by atoms with van der Waals surface area (Å²) in [6.45, 7) is 0. The number of aliphatic imine (C=N–C) groups is 1. The molecular formula is C62H47N. The maximum atomic E-state index is 4.89. The van der Waals surface area contributed by atoms with Gasteiger partial charge in [-0.15, -0.1) is 0 Å². The van der Waals surface area contributed by atoms with Crippen molar-refractivity contribution in [3.8, 4) is 22.3 Å². The minimum absolute atomic E-state index is 0.820. The number of hydrogen-bond donors (Lipinski definition) is 0. The highest BCUT2D eigenvalue weighted by molar-refractivity contribution is 6.27. The molecule has 300 valence electrons. The molecule has 0 N–H and O–H groups in total. The van der Waals surface area contributed by atoms with E-state index in [1.165, 1.54) is 105 Å². The van der Waals surface area contributed by atoms with Crippen molar-refractivity contribution in [2.75, 3.05) is 0 Å². The molecule has 1 heteroatoms. The highest BCUT2D eigenvalue weighted by Gasteiger charge is 2.27. The second-order valence-electron chi connectivity index (χ2n) is 16.6. The molecule has 1 nitrogen and oxygen atoms in total. The standard InChI is InChI=1S/C62H47N/c1-5-19-45(20-6-1)51-40-41-52(60(48-23-9-3-10-24-48)61(49-25-11-4-12-26-49)59(51)47-21-7-2-8-22-47)46-36-32-43(33-37-46)44-34-38-50(39-35-44)58-53-27-13-15-29-55(53)62(57-31-17-18-42-63-57)56-30-16-14-28-54(56)58/h2-5,7-16,19-39,41-42H,1,6,17-18,40H2. The Kier molecular flexibility index (Phi) is 10.4. The van der Waals surface area contributed by atoms with Crippen molar-refractivity contribution in [1.29, 1.82) is 0 Å². The predicted molar refractivity (Wildman–Crippen MR) is 270 cm³/mol. The third-order valence-corrected chi connectivity index (χ3v) is 12.9. The molecule has 0 amide bonds. The molecular weight excluding hydrogens is 759 g/mol. The number of hydrogen-bond acceptors (Lipinski definition) is 1. The normalized spacial score (nSPS) is 15.3. The topological polar surface area (TPSA) is 12.4 Å². The quantitative estimate of drug-likeness (QED) is 0.136. The molecule has 2 aliphatic carbocycles. The molecule has 0 fully saturated rings. The van der Waals surface area contributed by atoms with Gasteiger partial charge in [-0.1, -0.05) is 218 Å². The number of benzene rings is 8. The van der Waals surface area contributed by atoms with Gasteiger partial charge in [-0.2, -0.15) is 0 Å². The first-order valence-electron chi connectivity index (χ1n) is 22.4. The zero-order chi connectivity index (χ0) is 42.0. The van der Waals surface area contributed by atoms with E-state index < -0.39 is 0 Å². The summed E-state index contributed by atoms with van der Waals surface area (Å²) < 4.78 is 0. The second-order valence-corrected chi connectivity index (χ2v) is 16.6. The van der Waals surface area contributed by atoms with Crippen LogP contribution < -0.4 is 0 Å². The molecule has 0 unspecified atom stereocenters. The fourth-order valence-corrected chi connectivity index (χ4v) is 9.97. The van der Waals surface area contributed by atoms with Gasteiger partial charge in [0.2, 0.25) is 0 Å². The summed E-state index contributed by atoms with van der Waals surface area (Å²) >= 11 is 0. The summed E-state index contributed by atoms with van der Waals surface area (Å²) in [5.74, 6) is 0. The Labute approximate surface area is 370 Å². The van der Waals surface area contributed by atoms with Gasteiger partial charge >= 0.3 is 0 Å². The van der Waals surface area contributed by atoms with Gasteiger partial charge < -0.3 is 0 Å². The minimum Gasteiger partial charge on any atom is -0.261 e. The van der Waals surface area contributed by atoms with Gasteiger partial charge in [0.15, 0.2) is 0 Å². The van der Waals surface area contributed by atoms with E-state index in [9.17, 15) is 0 Å². The van der Waals surface area contributed by atoms with E-state index >= 15 is 0 Å². The summed E-state index contributed by atoms with van der Waals surface area (Å²) in [6.07, 6.45) is 18.9. The predicted octanol–water partition coefficient (Wildman–Crippen LogP) is 16.7. The van der Waals surface area contributed by atoms with Crippen molar-refractivity contribution in [2.24, 2.45) is 4.99 Å². The van der Waals surface area contributed by atoms with Gasteiger partial charge in [-0.05, 0) is 132 Å². The molecule has 11 rings (SSSR count). The van der Waals surface area contributed by atoms with Crippen LogP contribution in [0.2, 0.25) is 0 Å². The Hall–Kier alpha value is -7.61. The van der Waals surface area contributed by atoms with E-state index in [4.69, 9.17) is 4.99 Å². The van der Waals surface area contributed by atoms with Crippen LogP contribution in [0.1, 0.15) is 59.9 Å². The van der Waals surface area contributed by atoms with E-state index in [0.717, 1.165) is 37.8 Å². The lowest BCUT2D eigenvalue weighted by Gasteiger charge is -2.23. The zero-order valence-electron chi connectivity index (χ0n) is 35.3. The summed E-state index contributed by atoms with van der Waals surface area (Å²) in [5.41, 5.74) is 19.8. The molecule has 0 saturated heterocycles. The Morgan fingerprint density at radius 3 is 1.33 bits per heavy atom. The van der Waals surface area contributed by atoms with Gasteiger partial charge in [0, 0.05) is 11.8 Å². The van der Waals surface area contributed by atoms with Crippen LogP contribution in [0.4, 0.5) is 0 Å². The van der Waals surface area contributed by atoms with E-state index in [1.807, 2.05) is 0 Å². The SMILES string of the molecule is C1=CC(C2=C(c3ccccc3)C(c3ccccc3)=C(c3ccccc3)C(c3ccc(-c4ccc(-c5c6ccccc6c(C6=CCCC=N6)c6ccccc56)cc4)cc3)=CC2)=CCC1. The van der Waals surface area contributed by atoms with Crippen molar-refractivity contribution in [2.45, 2.75) is 32.1 Å². The monoisotopic (exact) mass is 805 g/mol. The average Bonchev–Trinajstić information content (AvgIpc) is 3.55. The highest BCUT2D eigenvalue weighted by atomic mass is 14.7. The van der Waals surface area contributed by atoms with Gasteiger partial charge in [0.25, 0.3) is 0 Å². The lowest BCUT2D eigenvalue weighted by Crippen LogP contribution is -2.01. The lowest BCUT2D eigenvalue weighted by molar-refractivity contribution is 1.01. The highest BCUT2D eigenvalue weighted by Crippen LogP contribution is 2.50. The molecule has 0 radical (unpaired) electrons. The van der Waals surface area contributed by atoms with Crippen molar-refractivity contribution in [1.82, 2.24) is 0 Å². The molecule has 0 atom stereocenters. The van der Waals surface area contributed by atoms with Gasteiger partial charge in [0.1, 0.15) is 0 Å². The van der Waals surface area contributed by atoms with Crippen LogP contribution in [-0.4, -0.2) is 6.21 Å². The van der Waals surface area contributed by atoms with Crippen LogP contribution in [0.15, 0.2) is 235 Å². The number of allylic oxidation sites excluding steroid dienone is 11. The van der Waals surface area contributed by atoms with Crippen molar-refractivity contribution in [3.63, 3.8) is 0 Å². The van der Waals surface area contributed by atoms with E-state index in [0.29, 0.717) is 0 Å². The first-order chi connectivity index (χ1) is 31.3. The Morgan fingerprint density at radius 2 is 0.810 bits per heavy atom. The van der Waals surface area contributed by atoms with Crippen molar-refractivity contribution >= 4 is 55.7 Å². The number of nitrogens with zero attached hydrogens (tertiary/aromatic N) is 1. The Bertz CT molecular complexity index is 3170. The van der Waals surface area contributed by atoms with Crippen molar-refractivity contribution in [3.05, 3.63) is 257 Å². The molecule has 0 aromatic heterocycles. The largest absolute Gasteiger partial charge is 0.261 e. The molecule has 0 saturated carbocycles. The average molecular weight is 806 g/mol. The molecule has 1 heterocycles. The summed E-state index contributed by atoms with van der Waals surface area (Å²) in [5, 5.41) is 4.99. The Balaban J connectivity index is 1.02. The van der Waals surface area contributed by atoms with Crippen LogP contribution in [-0.2, 0) is 0 Å². The van der Waals surface area contributed by atoms with Crippen LogP contribution in [0.25, 0.3) is 71.8 Å². The van der Waals surface area contributed by atoms with Gasteiger partial charge in [-0.3, -0.25) is 4.99 Å². The first-order valence-corrected chi connectivity index (χ1v) is 22.4. The third kappa shape index (κ3) is 7.26. The summed E-state index contributed by atoms with van der Waals surface area (Å²) in [4.78, 5) is 4.89. The molecule has 0 spiro atoms. The molecule has 0 bridgehead atoms. The smallest absolute Gasteiger partial charge is 0.0670 e. The molecule has 3 aliphatic rings. The van der Waals surface area contributed by atoms with Crippen LogP contribution >= 0.6 is 0 Å². The van der Waals surface area contributed by atoms with Crippen LogP contribution in [0.3, 0.4) is 0 Å². The van der Waals surface area contributed by atoms with Crippen molar-refractivity contribution < 1.29 is 0 Å². The van der Waals surface area contributed by atoms with E-state index in [-0.39, 0.29) is 0 Å². The molecule has 8 aromatic rings. The second kappa shape index (κ2) is 17.0. The van der Waals surface area contributed by atoms with E-state index in [2.05, 4.69) is 225 Å². The maximum Gasteiger partial charge on any atom is 0.0670 e. The molecule has 63 heavy (non-hydrogen) atoms. The van der Waals surface area contributed by atoms with Crippen LogP contribution in [0, 0.1) is 0 Å². The summed E-state index contributed by atoms with van der Waals surface area (Å²) in [7, 11) is 0. The number of fused-ring (bicyclic) bond motifs is 2. The first kappa shape index (κ1) is 38.3. The maximum absolute atomic E-state index is 4.89. The molecule has 8 aromatic carbocycles. The van der Waals surface area contributed by atoms with E-state index in [1.54, 1.807) is 0 Å². The minimum atomic E-state index is 0.820. The third-order valence-electron chi connectivity index (χ3n) is 12.9. The van der Waals surface area contributed by atoms with Gasteiger partial charge in [-0.25, -0.2) is 0 Å². The number of rotatable bonds is 8. The Morgan fingerprint density at radius 1 is 0.333 bits per heavy atom. The van der Waals surface area contributed by atoms with Crippen LogP contribution in [0.5, 0.6) is 0 Å². The zero-order valence-corrected chi connectivity index (χ0v) is 35.3. The lowest BCUT2D eigenvalue weighted by atomic mass is 9.80. The fraction of sp³-hybridized carbons (Fsp3) is 0.0806. The fourth-order valence-electron chi connectivity index (χ4n) is 9.97. The molecule has 1 aliphatic heterocycles. The van der Waals surface area contributed by atoms with Gasteiger partial charge in [0.05, 0.1) is 5.70 Å².